The van der Waals surface area contributed by atoms with E-state index in [1.807, 2.05) is 30.3 Å². The second-order valence-electron chi connectivity index (χ2n) is 4.61. The van der Waals surface area contributed by atoms with E-state index in [9.17, 15) is 9.59 Å². The van der Waals surface area contributed by atoms with Gasteiger partial charge in [0.05, 0.1) is 12.3 Å². The van der Waals surface area contributed by atoms with Crippen molar-refractivity contribution in [1.82, 2.24) is 4.98 Å². The highest BCUT2D eigenvalue weighted by Gasteiger charge is 2.19. The number of nitrogens with one attached hydrogen (secondary N) is 2. The van der Waals surface area contributed by atoms with Gasteiger partial charge in [0.15, 0.2) is 0 Å². The molecule has 0 unspecified atom stereocenters. The largest absolute Gasteiger partial charge is 0.462 e. The van der Waals surface area contributed by atoms with Gasteiger partial charge in [-0.15, -0.1) is 0 Å². The summed E-state index contributed by atoms with van der Waals surface area (Å²) in [7, 11) is 0. The molecule has 6 heteroatoms. The van der Waals surface area contributed by atoms with Crippen molar-refractivity contribution in [3.05, 3.63) is 53.3 Å². The molecule has 1 heterocycles. The van der Waals surface area contributed by atoms with E-state index in [-0.39, 0.29) is 13.2 Å². The van der Waals surface area contributed by atoms with E-state index in [0.717, 1.165) is 5.56 Å². The molecule has 116 valence electrons. The highest BCUT2D eigenvalue weighted by atomic mass is 16.5. The zero-order valence-corrected chi connectivity index (χ0v) is 12.5. The molecule has 0 saturated carbocycles. The number of carbonyl (C=O) groups is 2. The van der Waals surface area contributed by atoms with Gasteiger partial charge in [-0.05, 0) is 19.4 Å². The van der Waals surface area contributed by atoms with E-state index in [0.29, 0.717) is 16.9 Å². The first-order valence-corrected chi connectivity index (χ1v) is 6.94. The van der Waals surface area contributed by atoms with Crippen LogP contribution in [-0.4, -0.2) is 23.7 Å². The van der Waals surface area contributed by atoms with Gasteiger partial charge >= 0.3 is 12.1 Å². The number of aryl methyl sites for hydroxylation is 1. The van der Waals surface area contributed by atoms with Gasteiger partial charge in [-0.1, -0.05) is 30.3 Å². The molecule has 2 N–H and O–H groups in total. The second kappa shape index (κ2) is 7.31. The SMILES string of the molecule is CCOC(=O)c1c(NC(=O)OCc2ccccc2)c[nH]c1C. The van der Waals surface area contributed by atoms with Crippen molar-refractivity contribution in [1.29, 1.82) is 0 Å². The summed E-state index contributed by atoms with van der Waals surface area (Å²) in [6.45, 7) is 3.88. The molecule has 0 bridgehead atoms. The molecule has 0 atom stereocenters. The number of benzene rings is 1. The van der Waals surface area contributed by atoms with Gasteiger partial charge in [-0.3, -0.25) is 5.32 Å². The third kappa shape index (κ3) is 3.88. The summed E-state index contributed by atoms with van der Waals surface area (Å²) in [5, 5.41) is 2.55. The van der Waals surface area contributed by atoms with E-state index in [1.54, 1.807) is 13.8 Å². The van der Waals surface area contributed by atoms with Gasteiger partial charge in [-0.25, -0.2) is 9.59 Å². The van der Waals surface area contributed by atoms with Crippen molar-refractivity contribution in [3.63, 3.8) is 0 Å². The smallest absolute Gasteiger partial charge is 0.412 e. The Morgan fingerprint density at radius 1 is 1.18 bits per heavy atom. The number of carbonyl (C=O) groups excluding carboxylic acids is 2. The van der Waals surface area contributed by atoms with Gasteiger partial charge < -0.3 is 14.5 Å². The number of amides is 1. The molecular weight excluding hydrogens is 284 g/mol. The molecular formula is C16H18N2O4. The van der Waals surface area contributed by atoms with Gasteiger partial charge in [0.25, 0.3) is 0 Å². The van der Waals surface area contributed by atoms with E-state index in [4.69, 9.17) is 9.47 Å². The van der Waals surface area contributed by atoms with Crippen molar-refractivity contribution in [2.45, 2.75) is 20.5 Å². The number of aromatic amines is 1. The Morgan fingerprint density at radius 3 is 2.59 bits per heavy atom. The van der Waals surface area contributed by atoms with Gasteiger partial charge in [0.1, 0.15) is 12.2 Å². The summed E-state index contributed by atoms with van der Waals surface area (Å²) in [5.74, 6) is -0.486. The second-order valence-corrected chi connectivity index (χ2v) is 4.61. The Kier molecular flexibility index (Phi) is 5.19. The average Bonchev–Trinajstić information content (AvgIpc) is 2.87. The fraction of sp³-hybridized carbons (Fsp3) is 0.250. The van der Waals surface area contributed by atoms with Crippen molar-refractivity contribution in [2.24, 2.45) is 0 Å². The van der Waals surface area contributed by atoms with Crippen LogP contribution in [0.15, 0.2) is 36.5 Å². The molecule has 22 heavy (non-hydrogen) atoms. The molecule has 1 amide bonds. The standard InChI is InChI=1S/C16H18N2O4/c1-3-21-15(19)14-11(2)17-9-13(14)18-16(20)22-10-12-7-5-4-6-8-12/h4-9,17H,3,10H2,1-2H3,(H,18,20). The predicted octanol–water partition coefficient (Wildman–Crippen LogP) is 3.25. The number of rotatable bonds is 5. The van der Waals surface area contributed by atoms with Gasteiger partial charge in [0.2, 0.25) is 0 Å². The predicted molar refractivity (Wildman–Crippen MR) is 81.7 cm³/mol. The fourth-order valence-corrected chi connectivity index (χ4v) is 1.96. The number of hydrogen-bond donors (Lipinski definition) is 2. The Labute approximate surface area is 128 Å². The fourth-order valence-electron chi connectivity index (χ4n) is 1.96. The number of hydrogen-bond acceptors (Lipinski definition) is 4. The molecule has 0 aliphatic carbocycles. The van der Waals surface area contributed by atoms with Gasteiger partial charge in [-0.2, -0.15) is 0 Å². The normalized spacial score (nSPS) is 10.1. The highest BCUT2D eigenvalue weighted by Crippen LogP contribution is 2.20. The highest BCUT2D eigenvalue weighted by molar-refractivity contribution is 6.00. The minimum atomic E-state index is -0.631. The van der Waals surface area contributed by atoms with Crippen LogP contribution in [0.5, 0.6) is 0 Å². The quantitative estimate of drug-likeness (QED) is 0.831. The first kappa shape index (κ1) is 15.6. The van der Waals surface area contributed by atoms with E-state index < -0.39 is 12.1 Å². The molecule has 0 aliphatic heterocycles. The van der Waals surface area contributed by atoms with E-state index in [1.165, 1.54) is 6.20 Å². The molecule has 1 aromatic carbocycles. The van der Waals surface area contributed by atoms with Crippen LogP contribution in [0.1, 0.15) is 28.5 Å². The summed E-state index contributed by atoms with van der Waals surface area (Å²) >= 11 is 0. The molecule has 0 spiro atoms. The summed E-state index contributed by atoms with van der Waals surface area (Å²) in [5.41, 5.74) is 2.15. The zero-order valence-electron chi connectivity index (χ0n) is 12.5. The zero-order chi connectivity index (χ0) is 15.9. The molecule has 2 rings (SSSR count). The van der Waals surface area contributed by atoms with Crippen LogP contribution < -0.4 is 5.32 Å². The Hall–Kier alpha value is -2.76. The first-order chi connectivity index (χ1) is 10.6. The lowest BCUT2D eigenvalue weighted by atomic mass is 10.2. The van der Waals surface area contributed by atoms with Crippen molar-refractivity contribution >= 4 is 17.7 Å². The first-order valence-electron chi connectivity index (χ1n) is 6.94. The Morgan fingerprint density at radius 2 is 1.91 bits per heavy atom. The van der Waals surface area contributed by atoms with Crippen molar-refractivity contribution in [3.8, 4) is 0 Å². The summed E-state index contributed by atoms with van der Waals surface area (Å²) in [6.07, 6.45) is 0.902. The number of H-pyrrole nitrogens is 1. The van der Waals surface area contributed by atoms with Crippen LogP contribution in [0.25, 0.3) is 0 Å². The Balaban J connectivity index is 1.98. The monoisotopic (exact) mass is 302 g/mol. The summed E-state index contributed by atoms with van der Waals surface area (Å²) in [4.78, 5) is 26.6. The molecule has 0 radical (unpaired) electrons. The minimum absolute atomic E-state index is 0.158. The number of ether oxygens (including phenoxy) is 2. The van der Waals surface area contributed by atoms with E-state index >= 15 is 0 Å². The maximum atomic E-state index is 11.9. The summed E-state index contributed by atoms with van der Waals surface area (Å²) in [6, 6.07) is 9.34. The lowest BCUT2D eigenvalue weighted by Crippen LogP contribution is -2.16. The minimum Gasteiger partial charge on any atom is -0.462 e. The number of anilines is 1. The molecule has 0 saturated heterocycles. The molecule has 2 aromatic rings. The molecule has 0 fully saturated rings. The van der Waals surface area contributed by atoms with Crippen LogP contribution in [0.2, 0.25) is 0 Å². The van der Waals surface area contributed by atoms with Crippen LogP contribution in [0.4, 0.5) is 10.5 Å². The van der Waals surface area contributed by atoms with Crippen LogP contribution >= 0.6 is 0 Å². The van der Waals surface area contributed by atoms with Crippen LogP contribution in [0, 0.1) is 6.92 Å². The summed E-state index contributed by atoms with van der Waals surface area (Å²) < 4.78 is 10.1. The number of aromatic nitrogens is 1. The van der Waals surface area contributed by atoms with Crippen LogP contribution in [-0.2, 0) is 16.1 Å². The molecule has 6 nitrogen and oxygen atoms in total. The average molecular weight is 302 g/mol. The molecule has 0 aliphatic rings. The third-order valence-electron chi connectivity index (χ3n) is 3.01. The lowest BCUT2D eigenvalue weighted by molar-refractivity contribution is 0.0527. The van der Waals surface area contributed by atoms with Crippen LogP contribution in [0.3, 0.4) is 0 Å². The number of esters is 1. The van der Waals surface area contributed by atoms with Crippen molar-refractivity contribution in [2.75, 3.05) is 11.9 Å². The topological polar surface area (TPSA) is 80.4 Å². The van der Waals surface area contributed by atoms with Crippen molar-refractivity contribution < 1.29 is 19.1 Å². The Bertz CT molecular complexity index is 649. The lowest BCUT2D eigenvalue weighted by Gasteiger charge is -2.08. The third-order valence-corrected chi connectivity index (χ3v) is 3.01. The van der Waals surface area contributed by atoms with E-state index in [2.05, 4.69) is 10.3 Å². The maximum absolute atomic E-state index is 11.9. The molecule has 1 aromatic heterocycles. The van der Waals surface area contributed by atoms with Gasteiger partial charge in [0, 0.05) is 11.9 Å². The maximum Gasteiger partial charge on any atom is 0.412 e.